The van der Waals surface area contributed by atoms with Crippen molar-refractivity contribution in [1.82, 2.24) is 24.5 Å². The smallest absolute Gasteiger partial charge is 0.209 e. The van der Waals surface area contributed by atoms with Crippen LogP contribution in [0.2, 0.25) is 0 Å². The van der Waals surface area contributed by atoms with Gasteiger partial charge >= 0.3 is 0 Å². The number of piperidine rings is 1. The summed E-state index contributed by atoms with van der Waals surface area (Å²) in [4.78, 5) is 21.8. The Morgan fingerprint density at radius 1 is 1.06 bits per heavy atom. The molecule has 1 aliphatic heterocycles. The zero-order chi connectivity index (χ0) is 25.7. The van der Waals surface area contributed by atoms with Gasteiger partial charge in [-0.05, 0) is 74.2 Å². The quantitative estimate of drug-likeness (QED) is 0.321. The second-order valence-electron chi connectivity index (χ2n) is 9.54. The molecule has 1 aromatic carbocycles. The summed E-state index contributed by atoms with van der Waals surface area (Å²) >= 11 is 0. The number of amides is 1. The lowest BCUT2D eigenvalue weighted by molar-refractivity contribution is -0.119. The summed E-state index contributed by atoms with van der Waals surface area (Å²) in [5.74, 6) is 1.30. The standard InChI is InChI=1S/C19H22N6O.C9H13P/c1-14-10-22-25-18(21-12-15-3-2-6-20-11-15)9-17(23-19(14)25)16-4-7-24(13-26)8-5-16;1-6-4-9(10)5-7(2)8(6)3/h2-3,6,9-11,13,16,21H,4-5,7-8,12H2,1H3;4-5H,10H2,1-3H3. The Balaban J connectivity index is 0.000000256. The van der Waals surface area contributed by atoms with Gasteiger partial charge in [-0.1, -0.05) is 18.2 Å². The molecule has 1 saturated heterocycles. The van der Waals surface area contributed by atoms with Gasteiger partial charge in [0, 0.05) is 55.3 Å². The van der Waals surface area contributed by atoms with Crippen LogP contribution in [0.5, 0.6) is 0 Å². The molecule has 0 saturated carbocycles. The number of fused-ring (bicyclic) bond motifs is 1. The van der Waals surface area contributed by atoms with E-state index in [1.54, 1.807) is 6.20 Å². The first kappa shape index (κ1) is 25.8. The lowest BCUT2D eigenvalue weighted by Gasteiger charge is -2.29. The highest BCUT2D eigenvalue weighted by atomic mass is 31.0. The molecule has 8 heteroatoms. The zero-order valence-corrected chi connectivity index (χ0v) is 22.7. The van der Waals surface area contributed by atoms with Crippen molar-refractivity contribution >= 4 is 32.4 Å². The van der Waals surface area contributed by atoms with E-state index in [0.717, 1.165) is 60.6 Å². The van der Waals surface area contributed by atoms with E-state index in [1.165, 1.54) is 22.0 Å². The first-order valence-electron chi connectivity index (χ1n) is 12.4. The minimum absolute atomic E-state index is 0.365. The highest BCUT2D eigenvalue weighted by molar-refractivity contribution is 7.27. The first-order chi connectivity index (χ1) is 17.4. The van der Waals surface area contributed by atoms with Gasteiger partial charge in [0.15, 0.2) is 5.65 Å². The van der Waals surface area contributed by atoms with Gasteiger partial charge in [-0.2, -0.15) is 9.61 Å². The number of carbonyl (C=O) groups is 1. The van der Waals surface area contributed by atoms with Crippen LogP contribution in [-0.2, 0) is 11.3 Å². The first-order valence-corrected chi connectivity index (χ1v) is 12.9. The maximum Gasteiger partial charge on any atom is 0.209 e. The monoisotopic (exact) mass is 502 g/mol. The predicted octanol–water partition coefficient (Wildman–Crippen LogP) is 4.49. The third-order valence-corrected chi connectivity index (χ3v) is 7.24. The van der Waals surface area contributed by atoms with E-state index >= 15 is 0 Å². The number of aromatic nitrogens is 4. The molecular formula is C28H35N6OP. The van der Waals surface area contributed by atoms with Gasteiger partial charge in [-0.15, -0.1) is 9.24 Å². The molecule has 3 aromatic heterocycles. The highest BCUT2D eigenvalue weighted by Crippen LogP contribution is 2.29. The number of rotatable bonds is 5. The molecule has 1 fully saturated rings. The maximum atomic E-state index is 10.9. The number of aryl methyl sites for hydroxylation is 3. The molecule has 1 amide bonds. The van der Waals surface area contributed by atoms with Crippen LogP contribution in [0.25, 0.3) is 5.65 Å². The summed E-state index contributed by atoms with van der Waals surface area (Å²) in [5.41, 5.74) is 8.29. The van der Waals surface area contributed by atoms with Crippen LogP contribution < -0.4 is 10.6 Å². The molecule has 0 spiro atoms. The Morgan fingerprint density at radius 3 is 2.42 bits per heavy atom. The molecule has 0 radical (unpaired) electrons. The molecular weight excluding hydrogens is 467 g/mol. The van der Waals surface area contributed by atoms with Crippen LogP contribution in [0.15, 0.2) is 48.9 Å². The fraction of sp³-hybridized carbons (Fsp3) is 0.357. The van der Waals surface area contributed by atoms with Crippen molar-refractivity contribution in [2.75, 3.05) is 18.4 Å². The van der Waals surface area contributed by atoms with Crippen molar-refractivity contribution in [2.45, 2.75) is 53.0 Å². The SMILES string of the molecule is Cc1cc(P)cc(C)c1C.Cc1cnn2c(NCc3cccnc3)cc(C3CCN(C=O)CC3)nc12. The van der Waals surface area contributed by atoms with Crippen molar-refractivity contribution in [3.63, 3.8) is 0 Å². The number of nitrogens with one attached hydrogen (secondary N) is 1. The van der Waals surface area contributed by atoms with E-state index in [4.69, 9.17) is 4.98 Å². The normalized spacial score (nSPS) is 13.9. The molecule has 1 unspecified atom stereocenters. The van der Waals surface area contributed by atoms with Crippen LogP contribution >= 0.6 is 9.24 Å². The number of nitrogens with zero attached hydrogens (tertiary/aromatic N) is 5. The number of likely N-dealkylation sites (tertiary alicyclic amines) is 1. The number of hydrogen-bond acceptors (Lipinski definition) is 5. The summed E-state index contributed by atoms with van der Waals surface area (Å²) in [5, 5.41) is 9.21. The van der Waals surface area contributed by atoms with Crippen LogP contribution in [0.4, 0.5) is 5.82 Å². The minimum atomic E-state index is 0.365. The Kier molecular flexibility index (Phi) is 8.32. The number of hydrogen-bond donors (Lipinski definition) is 1. The zero-order valence-electron chi connectivity index (χ0n) is 21.5. The average molecular weight is 503 g/mol. The molecule has 4 aromatic rings. The summed E-state index contributed by atoms with van der Waals surface area (Å²) in [6.45, 7) is 10.7. The second kappa shape index (κ2) is 11.6. The molecule has 1 N–H and O–H groups in total. The fourth-order valence-electron chi connectivity index (χ4n) is 4.49. The number of benzene rings is 1. The molecule has 0 bridgehead atoms. The molecule has 36 heavy (non-hydrogen) atoms. The molecule has 188 valence electrons. The Bertz CT molecular complexity index is 1310. The average Bonchev–Trinajstić information content (AvgIpc) is 3.27. The lowest BCUT2D eigenvalue weighted by atomic mass is 9.93. The van der Waals surface area contributed by atoms with E-state index in [-0.39, 0.29) is 0 Å². The third kappa shape index (κ3) is 6.08. The summed E-state index contributed by atoms with van der Waals surface area (Å²) < 4.78 is 1.86. The van der Waals surface area contributed by atoms with Crippen LogP contribution in [0, 0.1) is 27.7 Å². The largest absolute Gasteiger partial charge is 0.366 e. The van der Waals surface area contributed by atoms with Crippen LogP contribution in [-0.4, -0.2) is 44.0 Å². The molecule has 0 aliphatic carbocycles. The number of pyridine rings is 1. The molecule has 5 rings (SSSR count). The van der Waals surface area contributed by atoms with E-state index in [9.17, 15) is 4.79 Å². The van der Waals surface area contributed by atoms with E-state index in [2.05, 4.69) is 63.6 Å². The summed E-state index contributed by atoms with van der Waals surface area (Å²) in [7, 11) is 2.72. The lowest BCUT2D eigenvalue weighted by Crippen LogP contribution is -2.32. The van der Waals surface area contributed by atoms with Gasteiger partial charge in [0.2, 0.25) is 6.41 Å². The van der Waals surface area contributed by atoms with E-state index in [1.807, 2.05) is 40.9 Å². The van der Waals surface area contributed by atoms with Crippen LogP contribution in [0.1, 0.15) is 52.3 Å². The van der Waals surface area contributed by atoms with Crippen molar-refractivity contribution < 1.29 is 4.79 Å². The van der Waals surface area contributed by atoms with Crippen molar-refractivity contribution in [1.29, 1.82) is 0 Å². The highest BCUT2D eigenvalue weighted by Gasteiger charge is 2.22. The van der Waals surface area contributed by atoms with E-state index in [0.29, 0.717) is 12.5 Å². The molecule has 4 heterocycles. The second-order valence-corrected chi connectivity index (χ2v) is 10.2. The Labute approximate surface area is 215 Å². The van der Waals surface area contributed by atoms with Gasteiger partial charge in [-0.25, -0.2) is 4.98 Å². The molecule has 1 aliphatic rings. The fourth-order valence-corrected chi connectivity index (χ4v) is 4.99. The van der Waals surface area contributed by atoms with Gasteiger partial charge in [0.05, 0.1) is 6.20 Å². The van der Waals surface area contributed by atoms with Crippen molar-refractivity contribution in [3.8, 4) is 0 Å². The van der Waals surface area contributed by atoms with E-state index < -0.39 is 0 Å². The molecule has 1 atom stereocenters. The number of carbonyl (C=O) groups excluding carboxylic acids is 1. The predicted molar refractivity (Wildman–Crippen MR) is 149 cm³/mol. The van der Waals surface area contributed by atoms with Gasteiger partial charge in [0.1, 0.15) is 5.82 Å². The van der Waals surface area contributed by atoms with Crippen molar-refractivity contribution in [2.24, 2.45) is 0 Å². The van der Waals surface area contributed by atoms with Crippen molar-refractivity contribution in [3.05, 3.63) is 82.4 Å². The minimum Gasteiger partial charge on any atom is -0.366 e. The number of anilines is 1. The van der Waals surface area contributed by atoms with Gasteiger partial charge in [-0.3, -0.25) is 9.78 Å². The van der Waals surface area contributed by atoms with Gasteiger partial charge < -0.3 is 10.2 Å². The maximum absolute atomic E-state index is 10.9. The van der Waals surface area contributed by atoms with Crippen LogP contribution in [0.3, 0.4) is 0 Å². The Hall–Kier alpha value is -3.31. The Morgan fingerprint density at radius 2 is 1.78 bits per heavy atom. The molecule has 7 nitrogen and oxygen atoms in total. The summed E-state index contributed by atoms with van der Waals surface area (Å²) in [6.07, 6.45) is 8.30. The third-order valence-electron chi connectivity index (χ3n) is 6.91. The topological polar surface area (TPSA) is 75.4 Å². The van der Waals surface area contributed by atoms with Gasteiger partial charge in [0.25, 0.3) is 0 Å². The summed E-state index contributed by atoms with van der Waals surface area (Å²) in [6, 6.07) is 10.4.